The molecule has 3 aromatic rings. The zero-order valence-corrected chi connectivity index (χ0v) is 15.0. The van der Waals surface area contributed by atoms with Crippen LogP contribution in [0.5, 0.6) is 0 Å². The standard InChI is InChI=1S/C14H13N7O5S/c1-8-5-9(13(23)26-2)12(27-8)16-11(22)10-3-4-19(17-10)7-20-6-15-14(18-20)21(24)25/h3-6H,7H2,1-2H3,(H,16,22). The molecule has 0 saturated carbocycles. The average molecular weight is 391 g/mol. The van der Waals surface area contributed by atoms with Crippen molar-refractivity contribution in [3.05, 3.63) is 50.9 Å². The lowest BCUT2D eigenvalue weighted by atomic mass is 10.3. The number of methoxy groups -OCH3 is 1. The van der Waals surface area contributed by atoms with Crippen LogP contribution in [0.2, 0.25) is 0 Å². The van der Waals surface area contributed by atoms with Gasteiger partial charge in [-0.05, 0) is 24.0 Å². The molecule has 0 aliphatic carbocycles. The van der Waals surface area contributed by atoms with Gasteiger partial charge in [-0.3, -0.25) is 4.79 Å². The highest BCUT2D eigenvalue weighted by molar-refractivity contribution is 7.16. The number of amides is 1. The minimum Gasteiger partial charge on any atom is -0.465 e. The highest BCUT2D eigenvalue weighted by Crippen LogP contribution is 2.28. The number of carbonyl (C=O) groups is 2. The maximum absolute atomic E-state index is 12.4. The van der Waals surface area contributed by atoms with Crippen LogP contribution >= 0.6 is 11.3 Å². The molecule has 0 aliphatic heterocycles. The van der Waals surface area contributed by atoms with Gasteiger partial charge in [0.15, 0.2) is 12.4 Å². The molecule has 0 spiro atoms. The van der Waals surface area contributed by atoms with Crippen LogP contribution in [0.25, 0.3) is 0 Å². The van der Waals surface area contributed by atoms with Gasteiger partial charge in [-0.25, -0.2) is 9.48 Å². The smallest absolute Gasteiger partial charge is 0.465 e. The van der Waals surface area contributed by atoms with Gasteiger partial charge in [-0.1, -0.05) is 4.98 Å². The zero-order valence-electron chi connectivity index (χ0n) is 14.1. The maximum atomic E-state index is 12.4. The summed E-state index contributed by atoms with van der Waals surface area (Å²) in [5, 5.41) is 21.4. The summed E-state index contributed by atoms with van der Waals surface area (Å²) < 4.78 is 7.28. The van der Waals surface area contributed by atoms with Gasteiger partial charge in [0.1, 0.15) is 5.00 Å². The van der Waals surface area contributed by atoms with Crippen LogP contribution in [0, 0.1) is 17.0 Å². The Morgan fingerprint density at radius 1 is 1.37 bits per heavy atom. The number of hydrogen-bond acceptors (Lipinski definition) is 9. The molecule has 3 rings (SSSR count). The summed E-state index contributed by atoms with van der Waals surface area (Å²) in [5.74, 6) is -1.58. The Bertz CT molecular complexity index is 1020. The van der Waals surface area contributed by atoms with Crippen LogP contribution in [0.15, 0.2) is 24.7 Å². The molecule has 0 atom stereocenters. The van der Waals surface area contributed by atoms with E-state index < -0.39 is 22.7 Å². The number of nitrogens with one attached hydrogen (secondary N) is 1. The second-order valence-corrected chi connectivity index (χ2v) is 6.52. The van der Waals surface area contributed by atoms with Crippen molar-refractivity contribution in [2.24, 2.45) is 0 Å². The first kappa shape index (κ1) is 18.2. The Morgan fingerprint density at radius 2 is 2.15 bits per heavy atom. The first-order valence-corrected chi connectivity index (χ1v) is 8.26. The van der Waals surface area contributed by atoms with Gasteiger partial charge in [-0.2, -0.15) is 9.78 Å². The molecule has 0 unspecified atom stereocenters. The van der Waals surface area contributed by atoms with Crippen molar-refractivity contribution < 1.29 is 19.2 Å². The normalized spacial score (nSPS) is 10.6. The van der Waals surface area contributed by atoms with E-state index >= 15 is 0 Å². The Balaban J connectivity index is 1.72. The van der Waals surface area contributed by atoms with E-state index in [1.54, 1.807) is 13.0 Å². The number of nitrogens with zero attached hydrogens (tertiary/aromatic N) is 6. The van der Waals surface area contributed by atoms with Crippen molar-refractivity contribution in [2.45, 2.75) is 13.6 Å². The number of carbonyl (C=O) groups excluding carboxylic acids is 2. The molecule has 0 radical (unpaired) electrons. The quantitative estimate of drug-likeness (QED) is 0.376. The third-order valence-electron chi connectivity index (χ3n) is 3.34. The van der Waals surface area contributed by atoms with E-state index in [4.69, 9.17) is 4.74 Å². The average Bonchev–Trinajstić information content (AvgIpc) is 3.35. The summed E-state index contributed by atoms with van der Waals surface area (Å²) >= 11 is 1.24. The third-order valence-corrected chi connectivity index (χ3v) is 4.30. The third kappa shape index (κ3) is 3.98. The molecular weight excluding hydrogens is 378 g/mol. The molecule has 13 heteroatoms. The molecule has 0 aromatic carbocycles. The van der Waals surface area contributed by atoms with E-state index in [0.717, 1.165) is 4.88 Å². The zero-order chi connectivity index (χ0) is 19.6. The first-order valence-electron chi connectivity index (χ1n) is 7.44. The number of thiophene rings is 1. The molecule has 140 valence electrons. The molecule has 0 fully saturated rings. The fourth-order valence-corrected chi connectivity index (χ4v) is 3.08. The predicted octanol–water partition coefficient (Wildman–Crippen LogP) is 1.30. The highest BCUT2D eigenvalue weighted by Gasteiger charge is 2.19. The second-order valence-electron chi connectivity index (χ2n) is 5.27. The molecule has 12 nitrogen and oxygen atoms in total. The number of rotatable bonds is 6. The Labute approximate surface area is 155 Å². The summed E-state index contributed by atoms with van der Waals surface area (Å²) in [6.45, 7) is 1.85. The number of ether oxygens (including phenoxy) is 1. The molecule has 0 aliphatic rings. The molecule has 0 bridgehead atoms. The predicted molar refractivity (Wildman–Crippen MR) is 92.7 cm³/mol. The van der Waals surface area contributed by atoms with Gasteiger partial charge < -0.3 is 20.2 Å². The number of aryl methyl sites for hydroxylation is 1. The van der Waals surface area contributed by atoms with Crippen molar-refractivity contribution in [3.8, 4) is 0 Å². The molecule has 3 heterocycles. The van der Waals surface area contributed by atoms with Gasteiger partial charge in [0.25, 0.3) is 5.91 Å². The minimum atomic E-state index is -0.708. The SMILES string of the molecule is COC(=O)c1cc(C)sc1NC(=O)c1ccn(Cn2cnc([N+](=O)[O-])n2)n1. The summed E-state index contributed by atoms with van der Waals surface area (Å²) in [6, 6.07) is 3.10. The van der Waals surface area contributed by atoms with Crippen LogP contribution in [-0.4, -0.2) is 48.5 Å². The van der Waals surface area contributed by atoms with Crippen molar-refractivity contribution in [3.63, 3.8) is 0 Å². The van der Waals surface area contributed by atoms with E-state index in [-0.39, 0.29) is 17.9 Å². The molecular formula is C14H13N7O5S. The number of nitro groups is 1. The number of esters is 1. The summed E-state index contributed by atoms with van der Waals surface area (Å²) in [7, 11) is 1.26. The Hall–Kier alpha value is -3.61. The van der Waals surface area contributed by atoms with E-state index in [1.807, 2.05) is 0 Å². The van der Waals surface area contributed by atoms with Gasteiger partial charge in [-0.15, -0.1) is 11.3 Å². The molecule has 0 saturated heterocycles. The summed E-state index contributed by atoms with van der Waals surface area (Å²) in [6.07, 6.45) is 2.71. The van der Waals surface area contributed by atoms with Gasteiger partial charge in [0.05, 0.1) is 12.7 Å². The number of aromatic nitrogens is 5. The summed E-state index contributed by atoms with van der Waals surface area (Å²) in [5.41, 5.74) is 0.370. The fraction of sp³-hybridized carbons (Fsp3) is 0.214. The van der Waals surface area contributed by atoms with E-state index in [1.165, 1.54) is 46.4 Å². The monoisotopic (exact) mass is 391 g/mol. The molecule has 27 heavy (non-hydrogen) atoms. The van der Waals surface area contributed by atoms with E-state index in [0.29, 0.717) is 5.00 Å². The molecule has 1 N–H and O–H groups in total. The largest absolute Gasteiger partial charge is 0.491 e. The minimum absolute atomic E-state index is 0.0413. The van der Waals surface area contributed by atoms with Crippen LogP contribution in [0.4, 0.5) is 10.9 Å². The van der Waals surface area contributed by atoms with Gasteiger partial charge in [0, 0.05) is 16.2 Å². The van der Waals surface area contributed by atoms with Crippen LogP contribution in [0.3, 0.4) is 0 Å². The van der Waals surface area contributed by atoms with Crippen LogP contribution in [0.1, 0.15) is 25.7 Å². The van der Waals surface area contributed by atoms with Crippen molar-refractivity contribution >= 4 is 34.2 Å². The van der Waals surface area contributed by atoms with E-state index in [9.17, 15) is 19.7 Å². The van der Waals surface area contributed by atoms with Crippen molar-refractivity contribution in [1.29, 1.82) is 0 Å². The van der Waals surface area contributed by atoms with Crippen molar-refractivity contribution in [1.82, 2.24) is 24.5 Å². The highest BCUT2D eigenvalue weighted by atomic mass is 32.1. The topological polar surface area (TPSA) is 147 Å². The summed E-state index contributed by atoms with van der Waals surface area (Å²) in [4.78, 5) is 38.4. The van der Waals surface area contributed by atoms with Gasteiger partial charge in [0.2, 0.25) is 6.33 Å². The molecule has 3 aromatic heterocycles. The Morgan fingerprint density at radius 3 is 2.81 bits per heavy atom. The lowest BCUT2D eigenvalue weighted by Gasteiger charge is -2.03. The lowest BCUT2D eigenvalue weighted by molar-refractivity contribution is -0.394. The fourth-order valence-electron chi connectivity index (χ4n) is 2.18. The first-order chi connectivity index (χ1) is 12.9. The maximum Gasteiger partial charge on any atom is 0.491 e. The van der Waals surface area contributed by atoms with Crippen molar-refractivity contribution in [2.75, 3.05) is 12.4 Å². The number of anilines is 1. The molecule has 1 amide bonds. The second kappa shape index (κ2) is 7.33. The number of hydrogen-bond donors (Lipinski definition) is 1. The van der Waals surface area contributed by atoms with Crippen LogP contribution in [-0.2, 0) is 11.4 Å². The lowest BCUT2D eigenvalue weighted by Crippen LogP contribution is -2.16. The van der Waals surface area contributed by atoms with Gasteiger partial charge >= 0.3 is 11.9 Å². The van der Waals surface area contributed by atoms with E-state index in [2.05, 4.69) is 20.5 Å². The Kier molecular flexibility index (Phi) is 4.94. The van der Waals surface area contributed by atoms with Crippen LogP contribution < -0.4 is 5.32 Å².